The van der Waals surface area contributed by atoms with Gasteiger partial charge in [-0.15, -0.1) is 0 Å². The summed E-state index contributed by atoms with van der Waals surface area (Å²) < 4.78 is 0. The number of aliphatic hydroxyl groups is 1. The minimum Gasteiger partial charge on any atom is -0.393 e. The van der Waals surface area contributed by atoms with Crippen LogP contribution in [0.2, 0.25) is 0 Å². The van der Waals surface area contributed by atoms with E-state index in [2.05, 4.69) is 44.3 Å². The number of hydrogen-bond acceptors (Lipinski definition) is 14. The van der Waals surface area contributed by atoms with E-state index < -0.39 is 102 Å². The van der Waals surface area contributed by atoms with Crippen LogP contribution in [-0.2, 0) is 44.8 Å². The smallest absolute Gasteiger partial charge is 0.336 e. The molecule has 8 atom stereocenters. The predicted octanol–water partition coefficient (Wildman–Crippen LogP) is 0.459. The first-order valence-corrected chi connectivity index (χ1v) is 26.7. The SMILES string of the molecule is CCCCCCC[C@@H](O)CC(=O)C[C@H](CCN)C(=O)N[C@H]1CCNC(=O)N(CC(C)C)NC(=O)[C@H](CCN)NC(=O)[C@H](CCN)NC(=O)[C@H](CC(C)C)NC(=O)[C@@H](Cc2ccccc2)NC(=O)[C@@H](CCN)CC1=O. The summed E-state index contributed by atoms with van der Waals surface area (Å²) in [5.41, 5.74) is 26.9. The molecule has 1 aliphatic rings. The van der Waals surface area contributed by atoms with Crippen molar-refractivity contribution in [1.29, 1.82) is 0 Å². The van der Waals surface area contributed by atoms with Gasteiger partial charge >= 0.3 is 6.03 Å². The first-order chi connectivity index (χ1) is 35.3. The Labute approximate surface area is 437 Å². The second-order valence-electron chi connectivity index (χ2n) is 20.3. The lowest BCUT2D eigenvalue weighted by molar-refractivity contribution is -0.136. The van der Waals surface area contributed by atoms with Crippen molar-refractivity contribution >= 4 is 53.0 Å². The lowest BCUT2D eigenvalue weighted by Gasteiger charge is -2.29. The highest BCUT2D eigenvalue weighted by atomic mass is 16.3. The Morgan fingerprint density at radius 1 is 0.689 bits per heavy atom. The van der Waals surface area contributed by atoms with Crippen molar-refractivity contribution in [3.8, 4) is 0 Å². The van der Waals surface area contributed by atoms with E-state index in [0.29, 0.717) is 12.0 Å². The van der Waals surface area contributed by atoms with Gasteiger partial charge in [0, 0.05) is 50.6 Å². The molecule has 16 N–H and O–H groups in total. The number of Topliss-reactive ketones (excluding diaryl/α,β-unsaturated/α-hetero) is 2. The van der Waals surface area contributed by atoms with E-state index in [4.69, 9.17) is 22.9 Å². The van der Waals surface area contributed by atoms with Gasteiger partial charge in [-0.25, -0.2) is 9.80 Å². The quantitative estimate of drug-likeness (QED) is 0.0562. The summed E-state index contributed by atoms with van der Waals surface area (Å²) in [4.78, 5) is 126. The lowest BCUT2D eigenvalue weighted by atomic mass is 9.91. The summed E-state index contributed by atoms with van der Waals surface area (Å²) in [5.74, 6) is -7.81. The van der Waals surface area contributed by atoms with E-state index in [-0.39, 0.29) is 115 Å². The van der Waals surface area contributed by atoms with Crippen molar-refractivity contribution in [2.24, 2.45) is 46.6 Å². The predicted molar refractivity (Wildman–Crippen MR) is 282 cm³/mol. The molecule has 0 aromatic heterocycles. The van der Waals surface area contributed by atoms with Crippen LogP contribution in [0.4, 0.5) is 4.79 Å². The summed E-state index contributed by atoms with van der Waals surface area (Å²) in [6.45, 7) is 9.02. The fourth-order valence-electron chi connectivity index (χ4n) is 8.66. The maximum absolute atomic E-state index is 14.5. The first kappa shape index (κ1) is 64.6. The van der Waals surface area contributed by atoms with Gasteiger partial charge in [-0.1, -0.05) is 97.1 Å². The number of carbonyl (C=O) groups is 9. The number of hydrazine groups is 1. The van der Waals surface area contributed by atoms with Crippen LogP contribution in [0.25, 0.3) is 0 Å². The molecule has 418 valence electrons. The summed E-state index contributed by atoms with van der Waals surface area (Å²) in [5, 5.41) is 28.0. The van der Waals surface area contributed by atoms with Crippen LogP contribution in [0.1, 0.15) is 136 Å². The molecule has 0 radical (unpaired) electrons. The minimum absolute atomic E-state index is 0.00171. The van der Waals surface area contributed by atoms with Crippen molar-refractivity contribution in [1.82, 2.24) is 42.3 Å². The van der Waals surface area contributed by atoms with Gasteiger partial charge in [0.25, 0.3) is 5.91 Å². The summed E-state index contributed by atoms with van der Waals surface area (Å²) in [6, 6.07) is 1.65. The van der Waals surface area contributed by atoms with Gasteiger partial charge in [-0.05, 0) is 88.5 Å². The Hall–Kier alpha value is -5.55. The van der Waals surface area contributed by atoms with E-state index in [0.717, 1.165) is 37.1 Å². The van der Waals surface area contributed by atoms with Gasteiger partial charge in [0.1, 0.15) is 30.0 Å². The van der Waals surface area contributed by atoms with Gasteiger partial charge in [-0.3, -0.25) is 43.8 Å². The van der Waals surface area contributed by atoms with Crippen LogP contribution >= 0.6 is 0 Å². The number of nitrogens with zero attached hydrogens (tertiary/aromatic N) is 1. The number of nitrogens with one attached hydrogen (secondary N) is 7. The molecule has 2 rings (SSSR count). The number of benzene rings is 1. The summed E-state index contributed by atoms with van der Waals surface area (Å²) >= 11 is 0. The highest BCUT2D eigenvalue weighted by molar-refractivity contribution is 5.97. The topological polar surface area (TPSA) is 365 Å². The second-order valence-corrected chi connectivity index (χ2v) is 20.3. The molecule has 0 unspecified atom stereocenters. The van der Waals surface area contributed by atoms with Crippen molar-refractivity contribution in [2.45, 2.75) is 174 Å². The standard InChI is InChI=1S/C52H90N12O10/c1-6-7-8-9-13-16-38(65)31-39(66)29-36(17-22-53)46(68)58-40-21-26-57-52(74)64(32-34(4)5)63-51(73)42(20-25-56)60-48(70)41(19-24-55)59-49(71)43(27-33(2)3)62-50(72)44(28-35-14-11-10-12-15-35)61-47(69)37(18-23-54)30-45(40)67/h10-12,14-15,33-34,36-38,40-44,65H,6-9,13,16-32,53-56H2,1-5H3,(H,57,74)(H,58,68)(H,59,71)(H,60,70)(H,61,69)(H,62,72)(H,63,73)/t36-,37-,38+,40-,41-,42-,43-,44+/m0/s1. The Bertz CT molecular complexity index is 1920. The van der Waals surface area contributed by atoms with Crippen molar-refractivity contribution < 1.29 is 48.3 Å². The van der Waals surface area contributed by atoms with Crippen LogP contribution in [-0.4, -0.2) is 139 Å². The number of ketones is 2. The van der Waals surface area contributed by atoms with E-state index in [9.17, 15) is 48.3 Å². The van der Waals surface area contributed by atoms with Gasteiger partial charge in [0.15, 0.2) is 5.78 Å². The van der Waals surface area contributed by atoms with Gasteiger partial charge in [0.2, 0.25) is 29.5 Å². The van der Waals surface area contributed by atoms with Crippen LogP contribution in [0.15, 0.2) is 30.3 Å². The maximum Gasteiger partial charge on any atom is 0.336 e. The Balaban J connectivity index is 2.68. The molecule has 22 nitrogen and oxygen atoms in total. The van der Waals surface area contributed by atoms with Crippen molar-refractivity contribution in [2.75, 3.05) is 39.3 Å². The largest absolute Gasteiger partial charge is 0.393 e. The zero-order chi connectivity index (χ0) is 55.2. The second kappa shape index (κ2) is 35.6. The number of hydrogen-bond donors (Lipinski definition) is 12. The molecule has 74 heavy (non-hydrogen) atoms. The molecule has 1 fully saturated rings. The molecule has 0 spiro atoms. The third-order valence-corrected chi connectivity index (χ3v) is 12.7. The van der Waals surface area contributed by atoms with Crippen LogP contribution in [0.5, 0.6) is 0 Å². The monoisotopic (exact) mass is 1040 g/mol. The molecule has 1 aliphatic heterocycles. The number of amides is 8. The molecular formula is C52H90N12O10. The molecular weight excluding hydrogens is 953 g/mol. The van der Waals surface area contributed by atoms with Crippen molar-refractivity contribution in [3.05, 3.63) is 35.9 Å². The third kappa shape index (κ3) is 24.7. The normalized spacial score (nSPS) is 22.2. The minimum atomic E-state index is -1.33. The van der Waals surface area contributed by atoms with E-state index in [1.54, 1.807) is 44.2 Å². The summed E-state index contributed by atoms with van der Waals surface area (Å²) in [6.07, 6.45) is 3.39. The molecule has 0 bridgehead atoms. The molecule has 1 heterocycles. The van der Waals surface area contributed by atoms with E-state index >= 15 is 0 Å². The number of rotatable bonds is 26. The average molecular weight is 1040 g/mol. The van der Waals surface area contributed by atoms with Crippen LogP contribution in [0.3, 0.4) is 0 Å². The third-order valence-electron chi connectivity index (χ3n) is 12.7. The number of aliphatic hydroxyl groups excluding tert-OH is 1. The molecule has 1 aromatic rings. The molecule has 22 heteroatoms. The molecule has 8 amide bonds. The van der Waals surface area contributed by atoms with Crippen LogP contribution < -0.4 is 60.3 Å². The Morgan fingerprint density at radius 2 is 1.27 bits per heavy atom. The number of unbranched alkanes of at least 4 members (excludes halogenated alkanes) is 4. The first-order valence-electron chi connectivity index (χ1n) is 26.7. The zero-order valence-electron chi connectivity index (χ0n) is 44.6. The molecule has 0 saturated carbocycles. The fraction of sp³-hybridized carbons (Fsp3) is 0.712. The number of carbonyl (C=O) groups excluding carboxylic acids is 9. The lowest BCUT2D eigenvalue weighted by Crippen LogP contribution is -2.61. The van der Waals surface area contributed by atoms with Crippen molar-refractivity contribution in [3.63, 3.8) is 0 Å². The summed E-state index contributed by atoms with van der Waals surface area (Å²) in [7, 11) is 0. The number of urea groups is 1. The highest BCUT2D eigenvalue weighted by Gasteiger charge is 2.35. The molecule has 1 saturated heterocycles. The van der Waals surface area contributed by atoms with E-state index in [1.807, 2.05) is 13.8 Å². The highest BCUT2D eigenvalue weighted by Crippen LogP contribution is 2.18. The van der Waals surface area contributed by atoms with Crippen LogP contribution in [0, 0.1) is 23.7 Å². The van der Waals surface area contributed by atoms with E-state index in [1.165, 1.54) is 0 Å². The molecule has 1 aromatic carbocycles. The van der Waals surface area contributed by atoms with Gasteiger partial charge < -0.3 is 59.9 Å². The van der Waals surface area contributed by atoms with Gasteiger partial charge in [-0.2, -0.15) is 0 Å². The average Bonchev–Trinajstić information content (AvgIpc) is 3.34. The zero-order valence-corrected chi connectivity index (χ0v) is 44.6. The maximum atomic E-state index is 14.5. The fourth-order valence-corrected chi connectivity index (χ4v) is 8.66. The Morgan fingerprint density at radius 3 is 1.86 bits per heavy atom. The molecule has 0 aliphatic carbocycles. The Kier molecular flexibility index (Phi) is 31.1. The van der Waals surface area contributed by atoms with Gasteiger partial charge in [0.05, 0.1) is 12.1 Å². The number of nitrogens with two attached hydrogens (primary N) is 4.